The summed E-state index contributed by atoms with van der Waals surface area (Å²) in [6.45, 7) is 0.324. The minimum absolute atomic E-state index is 0.0414. The number of carbonyl (C=O) groups excluding carboxylic acids is 2. The van der Waals surface area contributed by atoms with Crippen LogP contribution in [0.1, 0.15) is 66.8 Å². The van der Waals surface area contributed by atoms with E-state index >= 15 is 0 Å². The predicted molar refractivity (Wildman–Crippen MR) is 192 cm³/mol. The SMILES string of the molecule is O=C(CCCCC(=O)NCc1cccc(-c2cccc([C@H]3O[C@@H](CSc4nnnn4-c4ccc(O)cc4)C[C@@H](c4ccc(CO)cc4)O3)c2)c1)NO. The molecule has 1 fully saturated rings. The quantitative estimate of drug-likeness (QED) is 0.0396. The van der Waals surface area contributed by atoms with E-state index in [9.17, 15) is 19.8 Å². The van der Waals surface area contributed by atoms with Crippen LogP contribution in [0, 0.1) is 0 Å². The van der Waals surface area contributed by atoms with Gasteiger partial charge in [0.15, 0.2) is 6.29 Å². The number of aliphatic hydroxyl groups excluding tert-OH is 1. The van der Waals surface area contributed by atoms with Gasteiger partial charge >= 0.3 is 0 Å². The van der Waals surface area contributed by atoms with Crippen molar-refractivity contribution in [2.75, 3.05) is 5.75 Å². The fourth-order valence-corrected chi connectivity index (χ4v) is 6.76. The van der Waals surface area contributed by atoms with E-state index in [-0.39, 0.29) is 36.9 Å². The number of carbonyl (C=O) groups is 2. The first kappa shape index (κ1) is 36.7. The number of nitrogens with one attached hydrogen (secondary N) is 2. The van der Waals surface area contributed by atoms with Gasteiger partial charge in [-0.15, -0.1) is 5.10 Å². The van der Waals surface area contributed by atoms with E-state index in [2.05, 4.69) is 26.9 Å². The van der Waals surface area contributed by atoms with E-state index in [0.29, 0.717) is 43.1 Å². The highest BCUT2D eigenvalue weighted by molar-refractivity contribution is 7.99. The number of tetrazole rings is 1. The molecule has 14 heteroatoms. The van der Waals surface area contributed by atoms with Crippen LogP contribution in [-0.4, -0.2) is 59.3 Å². The number of thioether (sulfide) groups is 1. The molecular weight excluding hydrogens is 685 g/mol. The molecule has 2 amide bonds. The Bertz CT molecular complexity index is 1940. The highest BCUT2D eigenvalue weighted by Gasteiger charge is 2.33. The Morgan fingerprint density at radius 3 is 2.33 bits per heavy atom. The van der Waals surface area contributed by atoms with Gasteiger partial charge in [0.05, 0.1) is 24.5 Å². The molecule has 1 aliphatic rings. The average Bonchev–Trinajstić information content (AvgIpc) is 3.67. The molecule has 0 radical (unpaired) electrons. The molecule has 0 unspecified atom stereocenters. The Hall–Kier alpha value is -5.12. The third-order valence-electron chi connectivity index (χ3n) is 8.64. The van der Waals surface area contributed by atoms with Crippen LogP contribution in [0.15, 0.2) is 102 Å². The van der Waals surface area contributed by atoms with E-state index in [4.69, 9.17) is 14.7 Å². The van der Waals surface area contributed by atoms with E-state index in [1.807, 2.05) is 66.7 Å². The Morgan fingerprint density at radius 2 is 1.58 bits per heavy atom. The fourth-order valence-electron chi connectivity index (χ4n) is 5.86. The van der Waals surface area contributed by atoms with Crippen LogP contribution in [-0.2, 0) is 32.2 Å². The van der Waals surface area contributed by atoms with Crippen molar-refractivity contribution in [1.29, 1.82) is 0 Å². The van der Waals surface area contributed by atoms with Gasteiger partial charge in [0.2, 0.25) is 17.0 Å². The number of hydrogen-bond acceptors (Lipinski definition) is 11. The fraction of sp³-hybridized carbons (Fsp3) is 0.289. The Kier molecular flexibility index (Phi) is 12.6. The van der Waals surface area contributed by atoms with Crippen molar-refractivity contribution in [2.24, 2.45) is 0 Å². The number of unbranched alkanes of at least 4 members (excludes halogenated alkanes) is 1. The number of ether oxygens (including phenoxy) is 2. The van der Waals surface area contributed by atoms with Crippen LogP contribution in [0.2, 0.25) is 0 Å². The summed E-state index contributed by atoms with van der Waals surface area (Å²) < 4.78 is 14.8. The van der Waals surface area contributed by atoms with Crippen molar-refractivity contribution < 1.29 is 34.5 Å². The van der Waals surface area contributed by atoms with Crippen molar-refractivity contribution in [1.82, 2.24) is 31.0 Å². The van der Waals surface area contributed by atoms with Gasteiger partial charge in [-0.2, -0.15) is 4.68 Å². The third kappa shape index (κ3) is 9.80. The Morgan fingerprint density at radius 1 is 0.846 bits per heavy atom. The summed E-state index contributed by atoms with van der Waals surface area (Å²) in [5.41, 5.74) is 7.86. The van der Waals surface area contributed by atoms with Gasteiger partial charge in [0, 0.05) is 37.1 Å². The summed E-state index contributed by atoms with van der Waals surface area (Å²) in [4.78, 5) is 23.5. The summed E-state index contributed by atoms with van der Waals surface area (Å²) in [6, 6.07) is 30.4. The first-order chi connectivity index (χ1) is 25.4. The second-order valence-corrected chi connectivity index (χ2v) is 13.4. The van der Waals surface area contributed by atoms with Gasteiger partial charge < -0.3 is 25.0 Å². The summed E-state index contributed by atoms with van der Waals surface area (Å²) in [6.07, 6.45) is 0.954. The van der Waals surface area contributed by atoms with Crippen LogP contribution >= 0.6 is 11.8 Å². The zero-order valence-corrected chi connectivity index (χ0v) is 29.1. The summed E-state index contributed by atoms with van der Waals surface area (Å²) in [7, 11) is 0. The molecular formula is C38H40N6O7S. The predicted octanol–water partition coefficient (Wildman–Crippen LogP) is 5.55. The van der Waals surface area contributed by atoms with Crippen molar-refractivity contribution in [3.05, 3.63) is 119 Å². The number of nitrogens with zero attached hydrogens (tertiary/aromatic N) is 4. The lowest BCUT2D eigenvalue weighted by molar-refractivity contribution is -0.245. The van der Waals surface area contributed by atoms with E-state index in [1.165, 1.54) is 11.8 Å². The molecule has 52 heavy (non-hydrogen) atoms. The van der Waals surface area contributed by atoms with Gasteiger partial charge in [-0.05, 0) is 87.5 Å². The molecule has 0 saturated carbocycles. The molecule has 4 aromatic carbocycles. The van der Waals surface area contributed by atoms with Crippen LogP contribution in [0.4, 0.5) is 0 Å². The van der Waals surface area contributed by atoms with Crippen LogP contribution in [0.25, 0.3) is 16.8 Å². The smallest absolute Gasteiger partial charge is 0.243 e. The Balaban J connectivity index is 1.15. The first-order valence-corrected chi connectivity index (χ1v) is 18.0. The number of phenolic OH excluding ortho intramolecular Hbond substituents is 1. The van der Waals surface area contributed by atoms with Crippen molar-refractivity contribution >= 4 is 23.6 Å². The highest BCUT2D eigenvalue weighted by Crippen LogP contribution is 2.40. The normalized spacial score (nSPS) is 17.1. The zero-order chi connectivity index (χ0) is 36.3. The minimum Gasteiger partial charge on any atom is -0.508 e. The standard InChI is InChI=1S/C38H40N6O7S/c45-23-25-11-13-27(14-12-25)34-21-33(24-52-38-40-42-43-44(38)31-15-17-32(46)18-16-31)50-37(51-34)30-8-4-7-29(20-30)28-6-3-5-26(19-28)22-39-35(47)9-1-2-10-36(48)41-49/h3-8,11-20,33-34,37,45-46,49H,1-2,9-10,21-24H2,(H,39,47)(H,41,48)/t33-,34+,37+/m1/s1. The molecule has 6 rings (SSSR count). The molecule has 0 bridgehead atoms. The topological polar surface area (TPSA) is 181 Å². The number of amides is 2. The van der Waals surface area contributed by atoms with Gasteiger partial charge in [-0.3, -0.25) is 14.8 Å². The maximum absolute atomic E-state index is 12.4. The highest BCUT2D eigenvalue weighted by atomic mass is 32.2. The number of hydroxylamine groups is 1. The van der Waals surface area contributed by atoms with Gasteiger partial charge in [-0.25, -0.2) is 5.48 Å². The van der Waals surface area contributed by atoms with Gasteiger partial charge in [0.1, 0.15) is 5.75 Å². The maximum Gasteiger partial charge on any atom is 0.243 e. The molecule has 1 aliphatic heterocycles. The molecule has 0 spiro atoms. The van der Waals surface area contributed by atoms with E-state index in [1.54, 1.807) is 34.4 Å². The van der Waals surface area contributed by atoms with Crippen molar-refractivity contribution in [3.8, 4) is 22.6 Å². The lowest BCUT2D eigenvalue weighted by Crippen LogP contribution is -2.31. The molecule has 5 aromatic rings. The summed E-state index contributed by atoms with van der Waals surface area (Å²) >= 11 is 1.47. The molecule has 270 valence electrons. The largest absolute Gasteiger partial charge is 0.508 e. The van der Waals surface area contributed by atoms with Gasteiger partial charge in [0.25, 0.3) is 0 Å². The van der Waals surface area contributed by atoms with E-state index < -0.39 is 12.2 Å². The third-order valence-corrected chi connectivity index (χ3v) is 9.69. The lowest BCUT2D eigenvalue weighted by atomic mass is 9.99. The van der Waals surface area contributed by atoms with Gasteiger partial charge in [-0.1, -0.05) is 72.4 Å². The number of hydrogen-bond donors (Lipinski definition) is 5. The van der Waals surface area contributed by atoms with E-state index in [0.717, 1.165) is 39.1 Å². The molecule has 1 aromatic heterocycles. The molecule has 0 aliphatic carbocycles. The number of rotatable bonds is 15. The van der Waals surface area contributed by atoms with Crippen molar-refractivity contribution in [3.63, 3.8) is 0 Å². The Labute approximate surface area is 304 Å². The number of aromatic hydroxyl groups is 1. The summed E-state index contributed by atoms with van der Waals surface area (Å²) in [5, 5.41) is 43.7. The molecule has 2 heterocycles. The molecule has 3 atom stereocenters. The molecule has 13 nitrogen and oxygen atoms in total. The first-order valence-electron chi connectivity index (χ1n) is 17.0. The van der Waals surface area contributed by atoms with Crippen molar-refractivity contribution in [2.45, 2.75) is 68.9 Å². The van der Waals surface area contributed by atoms with Crippen LogP contribution < -0.4 is 10.8 Å². The monoisotopic (exact) mass is 724 g/mol. The average molecular weight is 725 g/mol. The molecule has 5 N–H and O–H groups in total. The lowest BCUT2D eigenvalue weighted by Gasteiger charge is -2.36. The minimum atomic E-state index is -0.666. The number of aromatic nitrogens is 4. The zero-order valence-electron chi connectivity index (χ0n) is 28.3. The number of aliphatic hydroxyl groups is 1. The second kappa shape index (κ2) is 17.9. The summed E-state index contributed by atoms with van der Waals surface area (Å²) in [5.74, 6) is 0.143. The number of benzene rings is 4. The molecule has 1 saturated heterocycles. The second-order valence-electron chi connectivity index (χ2n) is 12.4. The maximum atomic E-state index is 12.4. The number of phenols is 1. The van der Waals surface area contributed by atoms with Crippen LogP contribution in [0.5, 0.6) is 5.75 Å². The van der Waals surface area contributed by atoms with Crippen LogP contribution in [0.3, 0.4) is 0 Å².